The van der Waals surface area contributed by atoms with E-state index in [0.717, 1.165) is 0 Å². The van der Waals surface area contributed by atoms with E-state index in [0.29, 0.717) is 5.56 Å². The van der Waals surface area contributed by atoms with Crippen LogP contribution in [0.4, 0.5) is 5.69 Å². The lowest BCUT2D eigenvalue weighted by atomic mass is 10.0. The molecule has 0 saturated carbocycles. The van der Waals surface area contributed by atoms with E-state index in [1.54, 1.807) is 30.3 Å². The fourth-order valence-electron chi connectivity index (χ4n) is 1.81. The molecule has 5 nitrogen and oxygen atoms in total. The van der Waals surface area contributed by atoms with Crippen molar-refractivity contribution < 1.29 is 14.5 Å². The first-order valence-corrected chi connectivity index (χ1v) is 5.56. The number of nitro benzene ring substituents is 1. The first-order valence-electron chi connectivity index (χ1n) is 5.56. The summed E-state index contributed by atoms with van der Waals surface area (Å²) in [6, 6.07) is 12.9. The maximum absolute atomic E-state index is 12.3. The van der Waals surface area contributed by atoms with Crippen molar-refractivity contribution in [3.8, 4) is 5.75 Å². The highest BCUT2D eigenvalue weighted by molar-refractivity contribution is 6.11. The van der Waals surface area contributed by atoms with Gasteiger partial charge < -0.3 is 4.74 Å². The summed E-state index contributed by atoms with van der Waals surface area (Å²) in [5.41, 5.74) is 0.425. The fraction of sp³-hybridized carbons (Fsp3) is 0.0714. The molecule has 2 aromatic rings. The van der Waals surface area contributed by atoms with E-state index in [1.807, 2.05) is 0 Å². The van der Waals surface area contributed by atoms with Crippen molar-refractivity contribution >= 4 is 11.5 Å². The minimum absolute atomic E-state index is 0.0126. The summed E-state index contributed by atoms with van der Waals surface area (Å²) in [5, 5.41) is 10.9. The molecule has 0 amide bonds. The SMILES string of the molecule is COc1c(C(=O)c2ccccc2)cccc1[N+](=O)[O-]. The van der Waals surface area contributed by atoms with Crippen LogP contribution in [0, 0.1) is 10.1 Å². The average molecular weight is 257 g/mol. The summed E-state index contributed by atoms with van der Waals surface area (Å²) in [4.78, 5) is 22.6. The third-order valence-corrected chi connectivity index (χ3v) is 2.68. The number of hydrogen-bond donors (Lipinski definition) is 0. The number of carbonyl (C=O) groups excluding carboxylic acids is 1. The van der Waals surface area contributed by atoms with Gasteiger partial charge >= 0.3 is 5.69 Å². The molecule has 0 N–H and O–H groups in total. The standard InChI is InChI=1S/C14H11NO4/c1-19-14-11(8-5-9-12(14)15(17)18)13(16)10-6-3-2-4-7-10/h2-9H,1H3. The van der Waals surface area contributed by atoms with Crippen LogP contribution >= 0.6 is 0 Å². The third-order valence-electron chi connectivity index (χ3n) is 2.68. The lowest BCUT2D eigenvalue weighted by Gasteiger charge is -2.07. The second kappa shape index (κ2) is 5.30. The van der Waals surface area contributed by atoms with Crippen LogP contribution in [0.3, 0.4) is 0 Å². The summed E-state index contributed by atoms with van der Waals surface area (Å²) < 4.78 is 5.02. The van der Waals surface area contributed by atoms with Crippen LogP contribution in [-0.2, 0) is 0 Å². The van der Waals surface area contributed by atoms with E-state index in [9.17, 15) is 14.9 Å². The molecule has 0 aliphatic heterocycles. The average Bonchev–Trinajstić information content (AvgIpc) is 2.46. The molecule has 0 spiro atoms. The second-order valence-electron chi connectivity index (χ2n) is 3.81. The molecule has 2 rings (SSSR count). The number of methoxy groups -OCH3 is 1. The molecule has 0 saturated heterocycles. The Hall–Kier alpha value is -2.69. The van der Waals surface area contributed by atoms with E-state index in [2.05, 4.69) is 0 Å². The molecule has 0 aliphatic carbocycles. The predicted octanol–water partition coefficient (Wildman–Crippen LogP) is 2.83. The van der Waals surface area contributed by atoms with Gasteiger partial charge in [-0.05, 0) is 6.07 Å². The number of ketones is 1. The highest BCUT2D eigenvalue weighted by Crippen LogP contribution is 2.31. The van der Waals surface area contributed by atoms with Gasteiger partial charge in [-0.3, -0.25) is 14.9 Å². The zero-order valence-electron chi connectivity index (χ0n) is 10.2. The molecule has 2 aromatic carbocycles. The minimum atomic E-state index is -0.569. The normalized spacial score (nSPS) is 9.95. The Morgan fingerprint density at radius 2 is 1.79 bits per heavy atom. The van der Waals surface area contributed by atoms with Crippen molar-refractivity contribution in [1.29, 1.82) is 0 Å². The summed E-state index contributed by atoms with van der Waals surface area (Å²) in [7, 11) is 1.31. The van der Waals surface area contributed by atoms with Crippen molar-refractivity contribution in [2.75, 3.05) is 7.11 Å². The Morgan fingerprint density at radius 1 is 1.11 bits per heavy atom. The number of nitro groups is 1. The van der Waals surface area contributed by atoms with E-state index in [4.69, 9.17) is 4.74 Å². The zero-order valence-corrected chi connectivity index (χ0v) is 10.2. The number of ether oxygens (including phenoxy) is 1. The minimum Gasteiger partial charge on any atom is -0.490 e. The van der Waals surface area contributed by atoms with Crippen molar-refractivity contribution in [3.63, 3.8) is 0 Å². The molecule has 0 radical (unpaired) electrons. The molecule has 0 heterocycles. The molecular formula is C14H11NO4. The second-order valence-corrected chi connectivity index (χ2v) is 3.81. The number of para-hydroxylation sites is 1. The molecule has 0 atom stereocenters. The molecule has 0 aliphatic rings. The highest BCUT2D eigenvalue weighted by Gasteiger charge is 2.22. The Bertz CT molecular complexity index is 623. The van der Waals surface area contributed by atoms with Gasteiger partial charge in [0.05, 0.1) is 17.6 Å². The van der Waals surface area contributed by atoms with Gasteiger partial charge in [-0.25, -0.2) is 0 Å². The zero-order chi connectivity index (χ0) is 13.8. The van der Waals surface area contributed by atoms with Crippen LogP contribution in [0.1, 0.15) is 15.9 Å². The Labute approximate surface area is 109 Å². The predicted molar refractivity (Wildman–Crippen MR) is 69.5 cm³/mol. The number of nitrogens with zero attached hydrogens (tertiary/aromatic N) is 1. The van der Waals surface area contributed by atoms with Crippen LogP contribution < -0.4 is 4.74 Å². The quantitative estimate of drug-likeness (QED) is 0.479. The summed E-state index contributed by atoms with van der Waals surface area (Å²) in [6.45, 7) is 0. The number of hydrogen-bond acceptors (Lipinski definition) is 4. The van der Waals surface area contributed by atoms with Gasteiger partial charge in [0, 0.05) is 11.6 Å². The molecule has 0 fully saturated rings. The van der Waals surface area contributed by atoms with Gasteiger partial charge in [-0.15, -0.1) is 0 Å². The Kier molecular flexibility index (Phi) is 3.56. The first-order chi connectivity index (χ1) is 9.15. The van der Waals surface area contributed by atoms with Crippen molar-refractivity contribution in [2.24, 2.45) is 0 Å². The van der Waals surface area contributed by atoms with Crippen LogP contribution in [-0.4, -0.2) is 17.8 Å². The largest absolute Gasteiger partial charge is 0.490 e. The molecule has 96 valence electrons. The maximum Gasteiger partial charge on any atom is 0.311 e. The van der Waals surface area contributed by atoms with E-state index < -0.39 is 4.92 Å². The summed E-state index contributed by atoms with van der Waals surface area (Å²) in [6.07, 6.45) is 0. The van der Waals surface area contributed by atoms with Gasteiger partial charge in [0.1, 0.15) is 0 Å². The van der Waals surface area contributed by atoms with Gasteiger partial charge in [0.15, 0.2) is 5.78 Å². The van der Waals surface area contributed by atoms with Crippen LogP contribution in [0.5, 0.6) is 5.75 Å². The molecule has 19 heavy (non-hydrogen) atoms. The number of rotatable bonds is 4. The summed E-state index contributed by atoms with van der Waals surface area (Å²) >= 11 is 0. The fourth-order valence-corrected chi connectivity index (χ4v) is 1.81. The van der Waals surface area contributed by atoms with E-state index >= 15 is 0 Å². The molecule has 0 unspecified atom stereocenters. The van der Waals surface area contributed by atoms with E-state index in [-0.39, 0.29) is 22.8 Å². The molecule has 5 heteroatoms. The Balaban J connectivity index is 2.54. The van der Waals surface area contributed by atoms with Gasteiger partial charge in [0.25, 0.3) is 0 Å². The van der Waals surface area contributed by atoms with Crippen molar-refractivity contribution in [3.05, 3.63) is 69.8 Å². The topological polar surface area (TPSA) is 69.4 Å². The van der Waals surface area contributed by atoms with Crippen LogP contribution in [0.25, 0.3) is 0 Å². The molecular weight excluding hydrogens is 246 g/mol. The third kappa shape index (κ3) is 2.44. The smallest absolute Gasteiger partial charge is 0.311 e. The van der Waals surface area contributed by atoms with Crippen LogP contribution in [0.15, 0.2) is 48.5 Å². The van der Waals surface area contributed by atoms with Gasteiger partial charge in [-0.1, -0.05) is 36.4 Å². The first kappa shape index (κ1) is 12.8. The lowest BCUT2D eigenvalue weighted by Crippen LogP contribution is -2.05. The lowest BCUT2D eigenvalue weighted by molar-refractivity contribution is -0.385. The number of benzene rings is 2. The molecule has 0 bridgehead atoms. The van der Waals surface area contributed by atoms with Gasteiger partial charge in [-0.2, -0.15) is 0 Å². The monoisotopic (exact) mass is 257 g/mol. The highest BCUT2D eigenvalue weighted by atomic mass is 16.6. The van der Waals surface area contributed by atoms with Crippen molar-refractivity contribution in [1.82, 2.24) is 0 Å². The van der Waals surface area contributed by atoms with Gasteiger partial charge in [0.2, 0.25) is 5.75 Å². The maximum atomic E-state index is 12.3. The van der Waals surface area contributed by atoms with Crippen molar-refractivity contribution in [2.45, 2.75) is 0 Å². The Morgan fingerprint density at radius 3 is 2.37 bits per heavy atom. The van der Waals surface area contributed by atoms with Crippen LogP contribution in [0.2, 0.25) is 0 Å². The number of carbonyl (C=O) groups is 1. The summed E-state index contributed by atoms with van der Waals surface area (Å²) in [5.74, 6) is -0.317. The molecule has 0 aromatic heterocycles. The van der Waals surface area contributed by atoms with E-state index in [1.165, 1.54) is 25.3 Å².